The van der Waals surface area contributed by atoms with Crippen molar-refractivity contribution in [1.29, 1.82) is 0 Å². The van der Waals surface area contributed by atoms with Crippen LogP contribution in [0.15, 0.2) is 56.6 Å². The fourth-order valence-corrected chi connectivity index (χ4v) is 4.13. The predicted octanol–water partition coefficient (Wildman–Crippen LogP) is 2.40. The minimum Gasteiger partial charge on any atom is -0.478 e. The highest BCUT2D eigenvalue weighted by molar-refractivity contribution is 7.89. The van der Waals surface area contributed by atoms with E-state index >= 15 is 0 Å². The second-order valence-electron chi connectivity index (χ2n) is 7.13. The van der Waals surface area contributed by atoms with Gasteiger partial charge in [-0.05, 0) is 48.2 Å². The topological polar surface area (TPSA) is 103 Å². The van der Waals surface area contributed by atoms with E-state index in [0.717, 1.165) is 40.7 Å². The molecule has 0 saturated heterocycles. The lowest BCUT2D eigenvalue weighted by Gasteiger charge is -2.29. The molecule has 0 aliphatic carbocycles. The number of nitrogens with two attached hydrogens (primary N) is 1. The third kappa shape index (κ3) is 4.05. The number of aryl methyl sites for hydroxylation is 1. The highest BCUT2D eigenvalue weighted by Crippen LogP contribution is 2.33. The zero-order chi connectivity index (χ0) is 20.6. The Bertz CT molecular complexity index is 1220. The minimum atomic E-state index is -3.68. The van der Waals surface area contributed by atoms with Gasteiger partial charge in [-0.1, -0.05) is 19.1 Å². The smallest absolute Gasteiger partial charge is 0.336 e. The Morgan fingerprint density at radius 2 is 1.90 bits per heavy atom. The normalized spacial score (nSPS) is 14.6. The van der Waals surface area contributed by atoms with Gasteiger partial charge in [-0.3, -0.25) is 4.90 Å². The molecule has 8 heteroatoms. The maximum Gasteiger partial charge on any atom is 0.336 e. The number of primary sulfonamides is 1. The lowest BCUT2D eigenvalue weighted by molar-refractivity contribution is 0.0968. The van der Waals surface area contributed by atoms with E-state index in [1.165, 1.54) is 12.1 Å². The van der Waals surface area contributed by atoms with Gasteiger partial charge in [0.05, 0.1) is 10.5 Å². The third-order valence-corrected chi connectivity index (χ3v) is 6.12. The first-order valence-corrected chi connectivity index (χ1v) is 11.0. The van der Waals surface area contributed by atoms with E-state index in [0.29, 0.717) is 25.4 Å². The standard InChI is InChI=1S/C21H22N2O5S/c1-2-15-11-20(24)28-21-17(15)7-8-19-18(21)12-23(13-27-19)10-9-14-3-5-16(6-4-14)29(22,25)26/h3-8,11H,2,9-10,12-13H2,1H3,(H2,22,25,26). The van der Waals surface area contributed by atoms with Crippen molar-refractivity contribution in [3.05, 3.63) is 69.6 Å². The molecule has 0 saturated carbocycles. The van der Waals surface area contributed by atoms with E-state index in [1.54, 1.807) is 18.2 Å². The van der Waals surface area contributed by atoms with Gasteiger partial charge in [0.15, 0.2) is 0 Å². The summed E-state index contributed by atoms with van der Waals surface area (Å²) in [6.45, 7) is 3.77. The van der Waals surface area contributed by atoms with Crippen LogP contribution < -0.4 is 15.5 Å². The van der Waals surface area contributed by atoms with Gasteiger partial charge in [-0.25, -0.2) is 18.4 Å². The first-order valence-electron chi connectivity index (χ1n) is 9.40. The second-order valence-corrected chi connectivity index (χ2v) is 8.69. The Balaban J connectivity index is 1.54. The van der Waals surface area contributed by atoms with Crippen molar-refractivity contribution in [3.8, 4) is 5.75 Å². The molecule has 152 valence electrons. The van der Waals surface area contributed by atoms with Gasteiger partial charge in [0.2, 0.25) is 10.0 Å². The highest BCUT2D eigenvalue weighted by Gasteiger charge is 2.22. The van der Waals surface area contributed by atoms with Crippen LogP contribution in [0, 0.1) is 0 Å². The zero-order valence-electron chi connectivity index (χ0n) is 16.1. The molecule has 1 aliphatic rings. The second kappa shape index (κ2) is 7.62. The van der Waals surface area contributed by atoms with Crippen molar-refractivity contribution in [2.45, 2.75) is 31.2 Å². The van der Waals surface area contributed by atoms with Gasteiger partial charge < -0.3 is 9.15 Å². The lowest BCUT2D eigenvalue weighted by atomic mass is 10.0. The Morgan fingerprint density at radius 1 is 1.14 bits per heavy atom. The molecule has 2 heterocycles. The van der Waals surface area contributed by atoms with Crippen molar-refractivity contribution in [2.75, 3.05) is 13.3 Å². The molecular formula is C21H22N2O5S. The zero-order valence-corrected chi connectivity index (χ0v) is 16.9. The molecule has 0 amide bonds. The number of sulfonamides is 1. The molecule has 4 rings (SSSR count). The monoisotopic (exact) mass is 414 g/mol. The maximum absolute atomic E-state index is 12.0. The number of rotatable bonds is 5. The van der Waals surface area contributed by atoms with Crippen LogP contribution in [0.3, 0.4) is 0 Å². The molecule has 1 aromatic heterocycles. The van der Waals surface area contributed by atoms with Gasteiger partial charge in [-0.15, -0.1) is 0 Å². The molecule has 1 aliphatic heterocycles. The summed E-state index contributed by atoms with van der Waals surface area (Å²) >= 11 is 0. The number of nitrogens with zero attached hydrogens (tertiary/aromatic N) is 1. The van der Waals surface area contributed by atoms with E-state index in [-0.39, 0.29) is 10.5 Å². The van der Waals surface area contributed by atoms with Crippen LogP contribution in [0.5, 0.6) is 5.75 Å². The SMILES string of the molecule is CCc1cc(=O)oc2c3c(ccc12)OCN(CCc1ccc(S(N)(=O)=O)cc1)C3. The largest absolute Gasteiger partial charge is 0.478 e. The fourth-order valence-electron chi connectivity index (χ4n) is 3.61. The quantitative estimate of drug-likeness (QED) is 0.643. The summed E-state index contributed by atoms with van der Waals surface area (Å²) in [5.74, 6) is 0.739. The van der Waals surface area contributed by atoms with Crippen LogP contribution in [0.1, 0.15) is 23.6 Å². The van der Waals surface area contributed by atoms with Crippen molar-refractivity contribution in [1.82, 2.24) is 4.90 Å². The van der Waals surface area contributed by atoms with E-state index in [9.17, 15) is 13.2 Å². The first-order chi connectivity index (χ1) is 13.8. The Morgan fingerprint density at radius 3 is 2.59 bits per heavy atom. The van der Waals surface area contributed by atoms with Gasteiger partial charge >= 0.3 is 5.63 Å². The minimum absolute atomic E-state index is 0.102. The molecule has 3 aromatic rings. The molecule has 0 unspecified atom stereocenters. The molecule has 0 bridgehead atoms. The van der Waals surface area contributed by atoms with Crippen molar-refractivity contribution in [2.24, 2.45) is 5.14 Å². The van der Waals surface area contributed by atoms with E-state index in [2.05, 4.69) is 4.90 Å². The van der Waals surface area contributed by atoms with Crippen LogP contribution in [-0.2, 0) is 29.4 Å². The molecule has 0 radical (unpaired) electrons. The predicted molar refractivity (Wildman–Crippen MR) is 109 cm³/mol. The van der Waals surface area contributed by atoms with Crippen molar-refractivity contribution < 1.29 is 17.6 Å². The van der Waals surface area contributed by atoms with Crippen LogP contribution in [0.2, 0.25) is 0 Å². The van der Waals surface area contributed by atoms with E-state index < -0.39 is 10.0 Å². The average molecular weight is 414 g/mol. The Labute approximate surface area is 168 Å². The summed E-state index contributed by atoms with van der Waals surface area (Å²) < 4.78 is 34.1. The molecule has 0 atom stereocenters. The van der Waals surface area contributed by atoms with Crippen LogP contribution >= 0.6 is 0 Å². The van der Waals surface area contributed by atoms with Crippen molar-refractivity contribution >= 4 is 21.0 Å². The molecule has 0 fully saturated rings. The molecule has 29 heavy (non-hydrogen) atoms. The van der Waals surface area contributed by atoms with E-state index in [1.807, 2.05) is 19.1 Å². The molecule has 2 aromatic carbocycles. The van der Waals surface area contributed by atoms with Crippen LogP contribution in [-0.4, -0.2) is 26.6 Å². The third-order valence-electron chi connectivity index (χ3n) is 5.19. The molecule has 7 nitrogen and oxygen atoms in total. The number of ether oxygens (including phenoxy) is 1. The highest BCUT2D eigenvalue weighted by atomic mass is 32.2. The van der Waals surface area contributed by atoms with Gasteiger partial charge in [-0.2, -0.15) is 0 Å². The number of fused-ring (bicyclic) bond motifs is 3. The Hall–Kier alpha value is -2.68. The van der Waals surface area contributed by atoms with Crippen LogP contribution in [0.4, 0.5) is 0 Å². The summed E-state index contributed by atoms with van der Waals surface area (Å²) in [4.78, 5) is 14.2. The first kappa shape index (κ1) is 19.6. The summed E-state index contributed by atoms with van der Waals surface area (Å²) in [7, 11) is -3.68. The Kier molecular flexibility index (Phi) is 5.16. The molecular weight excluding hydrogens is 392 g/mol. The number of hydrogen-bond acceptors (Lipinski definition) is 6. The van der Waals surface area contributed by atoms with Gasteiger partial charge in [0.25, 0.3) is 0 Å². The molecule has 2 N–H and O–H groups in total. The number of benzene rings is 2. The summed E-state index contributed by atoms with van der Waals surface area (Å²) in [6.07, 6.45) is 1.47. The maximum atomic E-state index is 12.0. The number of hydrogen-bond donors (Lipinski definition) is 1. The summed E-state index contributed by atoms with van der Waals surface area (Å²) in [5.41, 5.74) is 3.08. The molecule has 0 spiro atoms. The van der Waals surface area contributed by atoms with E-state index in [4.69, 9.17) is 14.3 Å². The summed E-state index contributed by atoms with van der Waals surface area (Å²) in [6, 6.07) is 12.0. The average Bonchev–Trinajstić information content (AvgIpc) is 2.71. The van der Waals surface area contributed by atoms with Crippen molar-refractivity contribution in [3.63, 3.8) is 0 Å². The van der Waals surface area contributed by atoms with Gasteiger partial charge in [0.1, 0.15) is 18.1 Å². The lowest BCUT2D eigenvalue weighted by Crippen LogP contribution is -2.33. The van der Waals surface area contributed by atoms with Gasteiger partial charge in [0, 0.05) is 24.5 Å². The fraction of sp³-hybridized carbons (Fsp3) is 0.286. The van der Waals surface area contributed by atoms with Crippen LogP contribution in [0.25, 0.3) is 11.0 Å². The summed E-state index contributed by atoms with van der Waals surface area (Å²) in [5, 5.41) is 6.08.